The third-order valence-electron chi connectivity index (χ3n) is 1.54. The molecule has 3 nitrogen and oxygen atoms in total. The number of carbonyl (C=O) groups excluding carboxylic acids is 1. The summed E-state index contributed by atoms with van der Waals surface area (Å²) in [5.41, 5.74) is 0.505. The Hall–Kier alpha value is -0.930. The van der Waals surface area contributed by atoms with Crippen molar-refractivity contribution in [3.8, 4) is 0 Å². The van der Waals surface area contributed by atoms with Crippen LogP contribution in [0.15, 0.2) is 18.2 Å². The standard InChI is InChI=1S/C9H10Cl2N2O/c1-2-12-9(14)13-7-5-3-4-6(10)8(7)11/h3-5H,2H2,1H3,(H2,12,13,14). The second-order valence-corrected chi connectivity index (χ2v) is 3.37. The number of hydrogen-bond acceptors (Lipinski definition) is 1. The molecule has 0 radical (unpaired) electrons. The number of halogens is 2. The van der Waals surface area contributed by atoms with Crippen LogP contribution in [0.3, 0.4) is 0 Å². The van der Waals surface area contributed by atoms with Gasteiger partial charge >= 0.3 is 6.03 Å². The molecule has 0 spiro atoms. The summed E-state index contributed by atoms with van der Waals surface area (Å²) in [6, 6.07) is 4.77. The van der Waals surface area contributed by atoms with E-state index in [9.17, 15) is 4.79 Å². The summed E-state index contributed by atoms with van der Waals surface area (Å²) in [6.45, 7) is 2.39. The molecule has 2 amide bonds. The van der Waals surface area contributed by atoms with Crippen LogP contribution in [0.25, 0.3) is 0 Å². The zero-order valence-electron chi connectivity index (χ0n) is 7.60. The van der Waals surface area contributed by atoms with Crippen LogP contribution in [-0.2, 0) is 0 Å². The van der Waals surface area contributed by atoms with Crippen molar-refractivity contribution >= 4 is 34.9 Å². The van der Waals surface area contributed by atoms with Crippen LogP contribution in [0.5, 0.6) is 0 Å². The first-order chi connectivity index (χ1) is 6.65. The lowest BCUT2D eigenvalue weighted by Gasteiger charge is -2.07. The SMILES string of the molecule is CCNC(=O)Nc1cccc(Cl)c1Cl. The van der Waals surface area contributed by atoms with Gasteiger partial charge in [-0.3, -0.25) is 0 Å². The van der Waals surface area contributed by atoms with Crippen molar-refractivity contribution in [3.05, 3.63) is 28.2 Å². The van der Waals surface area contributed by atoms with Gasteiger partial charge < -0.3 is 10.6 Å². The summed E-state index contributed by atoms with van der Waals surface area (Å²) in [6.07, 6.45) is 0. The van der Waals surface area contributed by atoms with E-state index in [1.807, 2.05) is 6.92 Å². The molecule has 0 heterocycles. The van der Waals surface area contributed by atoms with Gasteiger partial charge in [-0.05, 0) is 19.1 Å². The summed E-state index contributed by atoms with van der Waals surface area (Å²) in [4.78, 5) is 11.2. The molecule has 0 saturated carbocycles. The Morgan fingerprint density at radius 1 is 1.43 bits per heavy atom. The van der Waals surface area contributed by atoms with Gasteiger partial charge in [-0.15, -0.1) is 0 Å². The lowest BCUT2D eigenvalue weighted by molar-refractivity contribution is 0.252. The van der Waals surface area contributed by atoms with E-state index in [0.29, 0.717) is 22.3 Å². The van der Waals surface area contributed by atoms with Crippen LogP contribution in [0.2, 0.25) is 10.0 Å². The van der Waals surface area contributed by atoms with Crippen molar-refractivity contribution in [1.29, 1.82) is 0 Å². The van der Waals surface area contributed by atoms with E-state index in [1.165, 1.54) is 0 Å². The van der Waals surface area contributed by atoms with Gasteiger partial charge in [0.25, 0.3) is 0 Å². The van der Waals surface area contributed by atoms with Gasteiger partial charge in [0.2, 0.25) is 0 Å². The lowest BCUT2D eigenvalue weighted by atomic mass is 10.3. The molecule has 1 rings (SSSR count). The topological polar surface area (TPSA) is 41.1 Å². The molecule has 0 atom stereocenters. The molecule has 5 heteroatoms. The lowest BCUT2D eigenvalue weighted by Crippen LogP contribution is -2.28. The molecule has 0 saturated heterocycles. The fraction of sp³-hybridized carbons (Fsp3) is 0.222. The highest BCUT2D eigenvalue weighted by atomic mass is 35.5. The predicted octanol–water partition coefficient (Wildman–Crippen LogP) is 3.13. The van der Waals surface area contributed by atoms with Crippen molar-refractivity contribution in [1.82, 2.24) is 5.32 Å². The van der Waals surface area contributed by atoms with E-state index >= 15 is 0 Å². The van der Waals surface area contributed by atoms with Gasteiger partial charge in [0.15, 0.2) is 0 Å². The molecule has 0 fully saturated rings. The van der Waals surface area contributed by atoms with Crippen molar-refractivity contribution in [2.75, 3.05) is 11.9 Å². The number of anilines is 1. The van der Waals surface area contributed by atoms with Gasteiger partial charge in [-0.25, -0.2) is 4.79 Å². The van der Waals surface area contributed by atoms with E-state index in [-0.39, 0.29) is 6.03 Å². The second kappa shape index (κ2) is 5.08. The van der Waals surface area contributed by atoms with E-state index < -0.39 is 0 Å². The van der Waals surface area contributed by atoms with E-state index in [4.69, 9.17) is 23.2 Å². The van der Waals surface area contributed by atoms with E-state index in [1.54, 1.807) is 18.2 Å². The van der Waals surface area contributed by atoms with Gasteiger partial charge in [0.05, 0.1) is 15.7 Å². The minimum Gasteiger partial charge on any atom is -0.338 e. The first-order valence-corrected chi connectivity index (χ1v) is 4.89. The molecule has 0 bridgehead atoms. The van der Waals surface area contributed by atoms with Gasteiger partial charge in [0.1, 0.15) is 0 Å². The Labute approximate surface area is 92.4 Å². The van der Waals surface area contributed by atoms with Gasteiger partial charge in [0, 0.05) is 6.54 Å². The normalized spacial score (nSPS) is 9.64. The number of rotatable bonds is 2. The Morgan fingerprint density at radius 2 is 2.14 bits per heavy atom. The van der Waals surface area contributed by atoms with Crippen LogP contribution in [-0.4, -0.2) is 12.6 Å². The Kier molecular flexibility index (Phi) is 4.04. The number of urea groups is 1. The maximum Gasteiger partial charge on any atom is 0.319 e. The molecule has 0 aliphatic heterocycles. The van der Waals surface area contributed by atoms with Gasteiger partial charge in [-0.2, -0.15) is 0 Å². The first kappa shape index (κ1) is 11.1. The van der Waals surface area contributed by atoms with Crippen LogP contribution in [0.4, 0.5) is 10.5 Å². The highest BCUT2D eigenvalue weighted by molar-refractivity contribution is 6.43. The molecular weight excluding hydrogens is 223 g/mol. The molecule has 0 unspecified atom stereocenters. The molecule has 0 aliphatic carbocycles. The fourth-order valence-corrected chi connectivity index (χ4v) is 1.28. The third-order valence-corrected chi connectivity index (χ3v) is 2.36. The first-order valence-electron chi connectivity index (χ1n) is 4.14. The molecule has 0 aliphatic rings. The zero-order chi connectivity index (χ0) is 10.6. The Morgan fingerprint density at radius 3 is 2.79 bits per heavy atom. The molecule has 1 aromatic carbocycles. The number of benzene rings is 1. The van der Waals surface area contributed by atoms with Crippen molar-refractivity contribution in [2.24, 2.45) is 0 Å². The average Bonchev–Trinajstić information content (AvgIpc) is 2.13. The molecule has 0 aromatic heterocycles. The Bertz CT molecular complexity index is 342. The highest BCUT2D eigenvalue weighted by Gasteiger charge is 2.06. The average molecular weight is 233 g/mol. The minimum absolute atomic E-state index is 0.295. The van der Waals surface area contributed by atoms with Crippen LogP contribution < -0.4 is 10.6 Å². The largest absolute Gasteiger partial charge is 0.338 e. The van der Waals surface area contributed by atoms with Crippen molar-refractivity contribution in [2.45, 2.75) is 6.92 Å². The van der Waals surface area contributed by atoms with Crippen molar-refractivity contribution in [3.63, 3.8) is 0 Å². The molecule has 76 valence electrons. The van der Waals surface area contributed by atoms with E-state index in [0.717, 1.165) is 0 Å². The van der Waals surface area contributed by atoms with Crippen LogP contribution in [0.1, 0.15) is 6.92 Å². The molecule has 2 N–H and O–H groups in total. The molecular formula is C9H10Cl2N2O. The zero-order valence-corrected chi connectivity index (χ0v) is 9.12. The summed E-state index contributed by atoms with van der Waals surface area (Å²) in [5.74, 6) is 0. The number of nitrogens with one attached hydrogen (secondary N) is 2. The predicted molar refractivity (Wildman–Crippen MR) is 59.2 cm³/mol. The Balaban J connectivity index is 2.76. The second-order valence-electron chi connectivity index (χ2n) is 2.59. The fourth-order valence-electron chi connectivity index (χ4n) is 0.927. The van der Waals surface area contributed by atoms with Crippen molar-refractivity contribution < 1.29 is 4.79 Å². The maximum atomic E-state index is 11.2. The molecule has 14 heavy (non-hydrogen) atoms. The molecule has 1 aromatic rings. The number of hydrogen-bond donors (Lipinski definition) is 2. The van der Waals surface area contributed by atoms with E-state index in [2.05, 4.69) is 10.6 Å². The summed E-state index contributed by atoms with van der Waals surface area (Å²) in [7, 11) is 0. The minimum atomic E-state index is -0.295. The number of amides is 2. The van der Waals surface area contributed by atoms with Crippen LogP contribution >= 0.6 is 23.2 Å². The number of carbonyl (C=O) groups is 1. The monoisotopic (exact) mass is 232 g/mol. The highest BCUT2D eigenvalue weighted by Crippen LogP contribution is 2.29. The smallest absolute Gasteiger partial charge is 0.319 e. The summed E-state index contributed by atoms with van der Waals surface area (Å²) in [5, 5.41) is 5.94. The van der Waals surface area contributed by atoms with Gasteiger partial charge in [-0.1, -0.05) is 29.3 Å². The quantitative estimate of drug-likeness (QED) is 0.809. The third kappa shape index (κ3) is 2.79. The summed E-state index contributed by atoms with van der Waals surface area (Å²) >= 11 is 11.6. The summed E-state index contributed by atoms with van der Waals surface area (Å²) < 4.78 is 0. The van der Waals surface area contributed by atoms with Crippen LogP contribution in [0, 0.1) is 0 Å². The maximum absolute atomic E-state index is 11.2.